The van der Waals surface area contributed by atoms with Crippen LogP contribution in [0.4, 0.5) is 32.0 Å². The summed E-state index contributed by atoms with van der Waals surface area (Å²) in [5.41, 5.74) is -0.253. The first kappa shape index (κ1) is 22.3. The Hall–Kier alpha value is -3.43. The van der Waals surface area contributed by atoms with Gasteiger partial charge in [0.15, 0.2) is 0 Å². The van der Waals surface area contributed by atoms with E-state index in [0.29, 0.717) is 5.69 Å². The minimum atomic E-state index is -4.89. The van der Waals surface area contributed by atoms with Gasteiger partial charge in [-0.3, -0.25) is 4.79 Å². The molecule has 0 aliphatic heterocycles. The van der Waals surface area contributed by atoms with Gasteiger partial charge in [0.25, 0.3) is 5.91 Å². The number of carbonyl (C=O) groups excluding carboxylic acids is 1. The van der Waals surface area contributed by atoms with Gasteiger partial charge in [0.2, 0.25) is 0 Å². The fourth-order valence-electron chi connectivity index (χ4n) is 3.24. The molecule has 31 heavy (non-hydrogen) atoms. The van der Waals surface area contributed by atoms with Crippen LogP contribution < -0.4 is 10.1 Å². The average molecular weight is 442 g/mol. The minimum absolute atomic E-state index is 0.0345. The summed E-state index contributed by atoms with van der Waals surface area (Å²) in [6, 6.07) is 11.1. The number of para-hydroxylation sites is 1. The molecule has 164 valence electrons. The second-order valence-electron chi connectivity index (χ2n) is 6.66. The van der Waals surface area contributed by atoms with Crippen LogP contribution in [-0.4, -0.2) is 16.8 Å². The molecule has 0 aliphatic carbocycles. The molecule has 0 spiro atoms. The molecule has 0 saturated heterocycles. The maximum Gasteiger partial charge on any atom is 0.573 e. The molecule has 3 aromatic rings. The summed E-state index contributed by atoms with van der Waals surface area (Å²) in [4.78, 5) is 12.7. The molecular weight excluding hydrogens is 426 g/mol. The standard InChI is InChI=1S/C21H16F6N2O2/c1-12-10-16(13(2)29(12)18-9-4-3-8-17(18)20(22,23)24)19(30)28-14-6-5-7-15(11-14)31-21(25,26)27/h3-11H,1-2H3,(H,28,30). The second-order valence-corrected chi connectivity index (χ2v) is 6.66. The summed E-state index contributed by atoms with van der Waals surface area (Å²) in [5.74, 6) is -1.21. The van der Waals surface area contributed by atoms with Crippen molar-refractivity contribution in [2.45, 2.75) is 26.4 Å². The molecule has 0 radical (unpaired) electrons. The Balaban J connectivity index is 1.93. The molecule has 3 rings (SSSR count). The lowest BCUT2D eigenvalue weighted by Crippen LogP contribution is -2.17. The number of halogens is 6. The van der Waals surface area contributed by atoms with Crippen LogP contribution in [0.2, 0.25) is 0 Å². The van der Waals surface area contributed by atoms with E-state index in [1.165, 1.54) is 47.9 Å². The molecule has 0 saturated carbocycles. The van der Waals surface area contributed by atoms with Crippen molar-refractivity contribution in [3.05, 3.63) is 77.1 Å². The number of nitrogens with one attached hydrogen (secondary N) is 1. The van der Waals surface area contributed by atoms with Gasteiger partial charge in [-0.1, -0.05) is 18.2 Å². The van der Waals surface area contributed by atoms with Crippen LogP contribution in [0.1, 0.15) is 27.3 Å². The first-order chi connectivity index (χ1) is 14.4. The van der Waals surface area contributed by atoms with E-state index in [-0.39, 0.29) is 22.6 Å². The van der Waals surface area contributed by atoms with Gasteiger partial charge in [-0.2, -0.15) is 13.2 Å². The van der Waals surface area contributed by atoms with E-state index < -0.39 is 29.8 Å². The van der Waals surface area contributed by atoms with Crippen molar-refractivity contribution in [1.82, 2.24) is 4.57 Å². The van der Waals surface area contributed by atoms with Crippen LogP contribution in [0.25, 0.3) is 5.69 Å². The Labute approximate surface area is 173 Å². The third-order valence-electron chi connectivity index (χ3n) is 4.45. The van der Waals surface area contributed by atoms with Crippen LogP contribution in [0.3, 0.4) is 0 Å². The van der Waals surface area contributed by atoms with Gasteiger partial charge in [0.05, 0.1) is 16.8 Å². The lowest BCUT2D eigenvalue weighted by atomic mass is 10.1. The van der Waals surface area contributed by atoms with Crippen LogP contribution >= 0.6 is 0 Å². The zero-order valence-electron chi connectivity index (χ0n) is 16.2. The number of alkyl halides is 6. The number of nitrogens with zero attached hydrogens (tertiary/aromatic N) is 1. The molecule has 1 aromatic heterocycles. The zero-order valence-corrected chi connectivity index (χ0v) is 16.2. The van der Waals surface area contributed by atoms with Gasteiger partial charge < -0.3 is 14.6 Å². The van der Waals surface area contributed by atoms with Crippen molar-refractivity contribution in [2.24, 2.45) is 0 Å². The zero-order chi connectivity index (χ0) is 23.0. The van der Waals surface area contributed by atoms with E-state index in [4.69, 9.17) is 0 Å². The molecule has 4 nitrogen and oxygen atoms in total. The smallest absolute Gasteiger partial charge is 0.406 e. The summed E-state index contributed by atoms with van der Waals surface area (Å²) in [7, 11) is 0. The van der Waals surface area contributed by atoms with Gasteiger partial charge in [0.1, 0.15) is 5.75 Å². The Morgan fingerprint density at radius 3 is 2.26 bits per heavy atom. The van der Waals surface area contributed by atoms with Crippen molar-refractivity contribution in [2.75, 3.05) is 5.32 Å². The predicted octanol–water partition coefficient (Wildman–Crippen LogP) is 6.26. The van der Waals surface area contributed by atoms with Crippen molar-refractivity contribution >= 4 is 11.6 Å². The number of benzene rings is 2. The Morgan fingerprint density at radius 2 is 1.61 bits per heavy atom. The lowest BCUT2D eigenvalue weighted by molar-refractivity contribution is -0.274. The van der Waals surface area contributed by atoms with Crippen LogP contribution in [0, 0.1) is 13.8 Å². The maximum atomic E-state index is 13.4. The number of ether oxygens (including phenoxy) is 1. The van der Waals surface area contributed by atoms with E-state index in [2.05, 4.69) is 10.1 Å². The molecule has 0 atom stereocenters. The van der Waals surface area contributed by atoms with Gasteiger partial charge >= 0.3 is 12.5 Å². The van der Waals surface area contributed by atoms with E-state index in [1.807, 2.05) is 0 Å². The third kappa shape index (κ3) is 5.01. The summed E-state index contributed by atoms with van der Waals surface area (Å²) in [6.45, 7) is 3.03. The largest absolute Gasteiger partial charge is 0.573 e. The number of anilines is 1. The Bertz CT molecular complexity index is 1120. The summed E-state index contributed by atoms with van der Waals surface area (Å²) in [5, 5.41) is 2.44. The fraction of sp³-hybridized carbons (Fsp3) is 0.190. The average Bonchev–Trinajstić information content (AvgIpc) is 2.94. The van der Waals surface area contributed by atoms with Crippen molar-refractivity contribution in [1.29, 1.82) is 0 Å². The first-order valence-corrected chi connectivity index (χ1v) is 8.89. The van der Waals surface area contributed by atoms with E-state index in [0.717, 1.165) is 18.2 Å². The van der Waals surface area contributed by atoms with Crippen LogP contribution in [-0.2, 0) is 6.18 Å². The SMILES string of the molecule is Cc1cc(C(=O)Nc2cccc(OC(F)(F)F)c2)c(C)n1-c1ccccc1C(F)(F)F. The van der Waals surface area contributed by atoms with Gasteiger partial charge in [0, 0.05) is 23.1 Å². The normalized spacial score (nSPS) is 12.0. The van der Waals surface area contributed by atoms with E-state index in [1.54, 1.807) is 6.92 Å². The number of hydrogen-bond donors (Lipinski definition) is 1. The highest BCUT2D eigenvalue weighted by molar-refractivity contribution is 6.05. The number of aromatic nitrogens is 1. The van der Waals surface area contributed by atoms with E-state index in [9.17, 15) is 31.1 Å². The number of rotatable bonds is 4. The number of aryl methyl sites for hydroxylation is 1. The molecule has 1 N–H and O–H groups in total. The highest BCUT2D eigenvalue weighted by Crippen LogP contribution is 2.35. The fourth-order valence-corrected chi connectivity index (χ4v) is 3.24. The minimum Gasteiger partial charge on any atom is -0.406 e. The molecule has 1 amide bonds. The van der Waals surface area contributed by atoms with Gasteiger partial charge in [-0.25, -0.2) is 0 Å². The molecular formula is C21H16F6N2O2. The van der Waals surface area contributed by atoms with Crippen molar-refractivity contribution < 1.29 is 35.9 Å². The van der Waals surface area contributed by atoms with Crippen LogP contribution in [0.5, 0.6) is 5.75 Å². The Kier molecular flexibility index (Phi) is 5.75. The summed E-state index contributed by atoms with van der Waals surface area (Å²) >= 11 is 0. The highest BCUT2D eigenvalue weighted by atomic mass is 19.4. The summed E-state index contributed by atoms with van der Waals surface area (Å²) in [6.07, 6.45) is -9.49. The quantitative estimate of drug-likeness (QED) is 0.485. The van der Waals surface area contributed by atoms with E-state index >= 15 is 0 Å². The van der Waals surface area contributed by atoms with Crippen molar-refractivity contribution in [3.63, 3.8) is 0 Å². The molecule has 0 fully saturated rings. The first-order valence-electron chi connectivity index (χ1n) is 8.89. The van der Waals surface area contributed by atoms with Crippen LogP contribution in [0.15, 0.2) is 54.6 Å². The lowest BCUT2D eigenvalue weighted by Gasteiger charge is -2.17. The molecule has 10 heteroatoms. The monoisotopic (exact) mass is 442 g/mol. The Morgan fingerprint density at radius 1 is 0.935 bits per heavy atom. The second kappa shape index (κ2) is 8.01. The molecule has 1 heterocycles. The number of amides is 1. The van der Waals surface area contributed by atoms with Crippen molar-refractivity contribution in [3.8, 4) is 11.4 Å². The maximum absolute atomic E-state index is 13.4. The van der Waals surface area contributed by atoms with Gasteiger partial charge in [-0.15, -0.1) is 13.2 Å². The molecule has 0 aliphatic rings. The van der Waals surface area contributed by atoms with Gasteiger partial charge in [-0.05, 0) is 44.2 Å². The number of hydrogen-bond acceptors (Lipinski definition) is 2. The predicted molar refractivity (Wildman–Crippen MR) is 101 cm³/mol. The molecule has 2 aromatic carbocycles. The number of carbonyl (C=O) groups is 1. The summed E-state index contributed by atoms with van der Waals surface area (Å²) < 4.78 is 82.5. The molecule has 0 bridgehead atoms. The third-order valence-corrected chi connectivity index (χ3v) is 4.45. The highest BCUT2D eigenvalue weighted by Gasteiger charge is 2.34. The molecule has 0 unspecified atom stereocenters. The topological polar surface area (TPSA) is 43.3 Å².